The SMILES string of the molecule is CC[C@]12CCC[C@H](O1)[C@@H](C)O2. The van der Waals surface area contributed by atoms with Crippen LogP contribution in [0.1, 0.15) is 39.5 Å². The lowest BCUT2D eigenvalue weighted by Crippen LogP contribution is -2.33. The lowest BCUT2D eigenvalue weighted by atomic mass is 10.0. The van der Waals surface area contributed by atoms with Crippen LogP contribution >= 0.6 is 0 Å². The first-order valence-electron chi connectivity index (χ1n) is 4.61. The molecule has 64 valence electrons. The quantitative estimate of drug-likeness (QED) is 0.578. The molecule has 0 N–H and O–H groups in total. The molecule has 2 saturated heterocycles. The third kappa shape index (κ3) is 1.09. The smallest absolute Gasteiger partial charge is 0.169 e. The molecule has 0 aromatic carbocycles. The zero-order valence-electron chi connectivity index (χ0n) is 7.30. The first-order chi connectivity index (χ1) is 5.26. The van der Waals surface area contributed by atoms with E-state index in [0.29, 0.717) is 12.2 Å². The number of hydrogen-bond acceptors (Lipinski definition) is 2. The Balaban J connectivity index is 2.14. The zero-order valence-corrected chi connectivity index (χ0v) is 7.30. The van der Waals surface area contributed by atoms with Crippen LogP contribution in [0.5, 0.6) is 0 Å². The van der Waals surface area contributed by atoms with Crippen molar-refractivity contribution in [3.63, 3.8) is 0 Å². The van der Waals surface area contributed by atoms with Crippen molar-refractivity contribution in [1.82, 2.24) is 0 Å². The Kier molecular flexibility index (Phi) is 1.69. The highest BCUT2D eigenvalue weighted by molar-refractivity contribution is 4.87. The minimum absolute atomic E-state index is 0.192. The Hall–Kier alpha value is -0.0800. The molecule has 0 saturated carbocycles. The second-order valence-electron chi connectivity index (χ2n) is 3.64. The van der Waals surface area contributed by atoms with Gasteiger partial charge in [0.05, 0.1) is 12.2 Å². The monoisotopic (exact) mass is 156 g/mol. The van der Waals surface area contributed by atoms with E-state index in [4.69, 9.17) is 9.47 Å². The molecule has 2 heterocycles. The molecule has 0 unspecified atom stereocenters. The molecule has 2 bridgehead atoms. The molecule has 0 aromatic rings. The summed E-state index contributed by atoms with van der Waals surface area (Å²) in [6.45, 7) is 4.26. The molecular formula is C9H16O2. The summed E-state index contributed by atoms with van der Waals surface area (Å²) in [5.74, 6) is -0.192. The van der Waals surface area contributed by atoms with Crippen LogP contribution in [0.2, 0.25) is 0 Å². The fourth-order valence-corrected chi connectivity index (χ4v) is 2.14. The maximum absolute atomic E-state index is 5.82. The molecule has 11 heavy (non-hydrogen) atoms. The second kappa shape index (κ2) is 2.46. The summed E-state index contributed by atoms with van der Waals surface area (Å²) in [6.07, 6.45) is 5.23. The summed E-state index contributed by atoms with van der Waals surface area (Å²) in [5.41, 5.74) is 0. The van der Waals surface area contributed by atoms with Gasteiger partial charge in [-0.25, -0.2) is 0 Å². The van der Waals surface area contributed by atoms with Crippen molar-refractivity contribution in [3.8, 4) is 0 Å². The van der Waals surface area contributed by atoms with Crippen LogP contribution in [0.25, 0.3) is 0 Å². The van der Waals surface area contributed by atoms with E-state index >= 15 is 0 Å². The average Bonchev–Trinajstić information content (AvgIpc) is 2.25. The molecule has 0 amide bonds. The molecule has 0 aromatic heterocycles. The molecule has 2 fully saturated rings. The van der Waals surface area contributed by atoms with E-state index in [1.54, 1.807) is 0 Å². The standard InChI is InChI=1S/C9H16O2/c1-3-9-6-4-5-8(11-9)7(2)10-9/h7-8H,3-6H2,1-2H3/t7-,8+,9-/m1/s1. The van der Waals surface area contributed by atoms with Crippen LogP contribution in [0, 0.1) is 0 Å². The van der Waals surface area contributed by atoms with E-state index in [9.17, 15) is 0 Å². The Labute approximate surface area is 67.9 Å². The molecule has 2 aliphatic rings. The highest BCUT2D eigenvalue weighted by Gasteiger charge is 2.46. The summed E-state index contributed by atoms with van der Waals surface area (Å²) < 4.78 is 11.6. The summed E-state index contributed by atoms with van der Waals surface area (Å²) >= 11 is 0. The van der Waals surface area contributed by atoms with Crippen LogP contribution in [0.3, 0.4) is 0 Å². The van der Waals surface area contributed by atoms with Gasteiger partial charge in [-0.05, 0) is 26.2 Å². The highest BCUT2D eigenvalue weighted by atomic mass is 16.8. The molecule has 0 aliphatic carbocycles. The van der Waals surface area contributed by atoms with Gasteiger partial charge in [-0.1, -0.05) is 6.92 Å². The van der Waals surface area contributed by atoms with Gasteiger partial charge in [-0.2, -0.15) is 0 Å². The fourth-order valence-electron chi connectivity index (χ4n) is 2.14. The minimum atomic E-state index is -0.192. The molecule has 3 atom stereocenters. The van der Waals surface area contributed by atoms with Gasteiger partial charge in [0.15, 0.2) is 5.79 Å². The predicted octanol–water partition coefficient (Wildman–Crippen LogP) is 2.08. The van der Waals surface area contributed by atoms with Crippen LogP contribution in [-0.2, 0) is 9.47 Å². The van der Waals surface area contributed by atoms with Gasteiger partial charge in [0.25, 0.3) is 0 Å². The minimum Gasteiger partial charge on any atom is -0.344 e. The van der Waals surface area contributed by atoms with Gasteiger partial charge in [0, 0.05) is 6.42 Å². The largest absolute Gasteiger partial charge is 0.344 e. The Bertz CT molecular complexity index is 154. The third-order valence-corrected chi connectivity index (χ3v) is 2.88. The maximum atomic E-state index is 5.82. The zero-order chi connectivity index (χ0) is 7.90. The van der Waals surface area contributed by atoms with Crippen LogP contribution in [0.15, 0.2) is 0 Å². The van der Waals surface area contributed by atoms with E-state index in [1.165, 1.54) is 12.8 Å². The number of hydrogen-bond donors (Lipinski definition) is 0. The van der Waals surface area contributed by atoms with Gasteiger partial charge in [-0.15, -0.1) is 0 Å². The molecule has 0 spiro atoms. The van der Waals surface area contributed by atoms with Gasteiger partial charge >= 0.3 is 0 Å². The summed E-state index contributed by atoms with van der Waals surface area (Å²) in [4.78, 5) is 0. The lowest BCUT2D eigenvalue weighted by molar-refractivity contribution is -0.193. The molecule has 2 heteroatoms. The van der Waals surface area contributed by atoms with E-state index in [1.807, 2.05) is 0 Å². The first kappa shape index (κ1) is 7.56. The van der Waals surface area contributed by atoms with Crippen molar-refractivity contribution in [2.75, 3.05) is 0 Å². The fraction of sp³-hybridized carbons (Fsp3) is 1.00. The highest BCUT2D eigenvalue weighted by Crippen LogP contribution is 2.41. The normalized spacial score (nSPS) is 49.6. The topological polar surface area (TPSA) is 18.5 Å². The molecule has 0 radical (unpaired) electrons. The van der Waals surface area contributed by atoms with Crippen molar-refractivity contribution in [3.05, 3.63) is 0 Å². The lowest BCUT2D eigenvalue weighted by Gasteiger charge is -2.30. The molecule has 2 aliphatic heterocycles. The molecular weight excluding hydrogens is 140 g/mol. The maximum Gasteiger partial charge on any atom is 0.169 e. The summed E-state index contributed by atoms with van der Waals surface area (Å²) in [6, 6.07) is 0. The van der Waals surface area contributed by atoms with Crippen molar-refractivity contribution in [2.24, 2.45) is 0 Å². The van der Waals surface area contributed by atoms with Crippen molar-refractivity contribution < 1.29 is 9.47 Å². The van der Waals surface area contributed by atoms with Crippen LogP contribution < -0.4 is 0 Å². The summed E-state index contributed by atoms with van der Waals surface area (Å²) in [5, 5.41) is 0. The van der Waals surface area contributed by atoms with Crippen molar-refractivity contribution in [1.29, 1.82) is 0 Å². The summed E-state index contributed by atoms with van der Waals surface area (Å²) in [7, 11) is 0. The van der Waals surface area contributed by atoms with E-state index < -0.39 is 0 Å². The number of fused-ring (bicyclic) bond motifs is 2. The second-order valence-corrected chi connectivity index (χ2v) is 3.64. The molecule has 2 rings (SSSR count). The van der Waals surface area contributed by atoms with Gasteiger partial charge in [-0.3, -0.25) is 0 Å². The van der Waals surface area contributed by atoms with Crippen LogP contribution in [-0.4, -0.2) is 18.0 Å². The predicted molar refractivity (Wildman–Crippen MR) is 42.3 cm³/mol. The molecule has 2 nitrogen and oxygen atoms in total. The van der Waals surface area contributed by atoms with Gasteiger partial charge in [0.2, 0.25) is 0 Å². The van der Waals surface area contributed by atoms with E-state index in [2.05, 4.69) is 13.8 Å². The van der Waals surface area contributed by atoms with E-state index in [0.717, 1.165) is 12.8 Å². The van der Waals surface area contributed by atoms with Crippen molar-refractivity contribution >= 4 is 0 Å². The van der Waals surface area contributed by atoms with Gasteiger partial charge in [0.1, 0.15) is 0 Å². The van der Waals surface area contributed by atoms with E-state index in [-0.39, 0.29) is 5.79 Å². The average molecular weight is 156 g/mol. The third-order valence-electron chi connectivity index (χ3n) is 2.88. The Morgan fingerprint density at radius 1 is 1.45 bits per heavy atom. The van der Waals surface area contributed by atoms with Crippen LogP contribution in [0.4, 0.5) is 0 Å². The first-order valence-corrected chi connectivity index (χ1v) is 4.61. The van der Waals surface area contributed by atoms with Crippen molar-refractivity contribution in [2.45, 2.75) is 57.5 Å². The van der Waals surface area contributed by atoms with Gasteiger partial charge < -0.3 is 9.47 Å². The Morgan fingerprint density at radius 3 is 2.91 bits per heavy atom. The number of ether oxygens (including phenoxy) is 2. The number of rotatable bonds is 1. The Morgan fingerprint density at radius 2 is 2.27 bits per heavy atom.